The highest BCUT2D eigenvalue weighted by Gasteiger charge is 2.24. The Bertz CT molecular complexity index is 866. The quantitative estimate of drug-likeness (QED) is 0.851. The number of carbonyl (C=O) groups excluding carboxylic acids is 1. The van der Waals surface area contributed by atoms with E-state index in [1.54, 1.807) is 18.0 Å². The molecule has 0 fully saturated rings. The lowest BCUT2D eigenvalue weighted by atomic mass is 10.2. The number of pyridine rings is 1. The number of H-pyrrole nitrogens is 1. The Balaban J connectivity index is 1.78. The average molecular weight is 300 g/mol. The molecule has 7 heteroatoms. The second-order valence-corrected chi connectivity index (χ2v) is 5.54. The fourth-order valence-electron chi connectivity index (χ4n) is 2.56. The number of hydrogen-bond acceptors (Lipinski definition) is 4. The maximum atomic E-state index is 12.4. The molecule has 1 aliphatic rings. The van der Waals surface area contributed by atoms with Gasteiger partial charge in [0.2, 0.25) is 5.91 Å². The zero-order valence-corrected chi connectivity index (χ0v) is 12.4. The highest BCUT2D eigenvalue weighted by Crippen LogP contribution is 2.22. The Morgan fingerprint density at radius 2 is 2.00 bits per heavy atom. The minimum Gasteiger partial charge on any atom is -0.332 e. The fourth-order valence-corrected chi connectivity index (χ4v) is 2.56. The van der Waals surface area contributed by atoms with Crippen LogP contribution in [-0.4, -0.2) is 25.3 Å². The molecule has 0 aliphatic carbocycles. The number of carbonyl (C=O) groups is 1. The van der Waals surface area contributed by atoms with Gasteiger partial charge in [-0.3, -0.25) is 24.1 Å². The molecule has 0 unspecified atom stereocenters. The molecule has 114 valence electrons. The van der Waals surface area contributed by atoms with E-state index < -0.39 is 11.2 Å². The molecule has 0 spiro atoms. The van der Waals surface area contributed by atoms with Crippen LogP contribution >= 0.6 is 0 Å². The number of rotatable bonds is 2. The topological polar surface area (TPSA) is 88.1 Å². The number of nitrogens with zero attached hydrogens (tertiary/aromatic N) is 3. The summed E-state index contributed by atoms with van der Waals surface area (Å²) >= 11 is 0. The van der Waals surface area contributed by atoms with Gasteiger partial charge in [-0.1, -0.05) is 0 Å². The van der Waals surface area contributed by atoms with Crippen molar-refractivity contribution >= 4 is 5.91 Å². The van der Waals surface area contributed by atoms with Crippen molar-refractivity contribution in [1.82, 2.24) is 19.4 Å². The van der Waals surface area contributed by atoms with Gasteiger partial charge in [-0.15, -0.1) is 0 Å². The van der Waals surface area contributed by atoms with Crippen molar-refractivity contribution in [1.29, 1.82) is 0 Å². The molecule has 2 aromatic rings. The van der Waals surface area contributed by atoms with Gasteiger partial charge in [-0.05, 0) is 31.0 Å². The molecular formula is C15H16N4O3. The average Bonchev–Trinajstić information content (AvgIpc) is 2.87. The molecule has 0 saturated heterocycles. The normalized spacial score (nSPS) is 13.3. The van der Waals surface area contributed by atoms with Crippen molar-refractivity contribution in [2.45, 2.75) is 33.5 Å². The summed E-state index contributed by atoms with van der Waals surface area (Å²) in [5.41, 5.74) is 2.44. The van der Waals surface area contributed by atoms with Gasteiger partial charge in [0.05, 0.1) is 0 Å². The zero-order chi connectivity index (χ0) is 15.9. The van der Waals surface area contributed by atoms with Crippen molar-refractivity contribution in [2.75, 3.05) is 0 Å². The molecule has 0 bridgehead atoms. The van der Waals surface area contributed by atoms with Crippen LogP contribution in [0.15, 0.2) is 28.0 Å². The van der Waals surface area contributed by atoms with Crippen LogP contribution < -0.4 is 11.2 Å². The molecule has 1 aliphatic heterocycles. The second-order valence-electron chi connectivity index (χ2n) is 5.54. The van der Waals surface area contributed by atoms with E-state index in [0.717, 1.165) is 16.8 Å². The number of amides is 1. The van der Waals surface area contributed by atoms with Crippen molar-refractivity contribution in [3.8, 4) is 0 Å². The maximum Gasteiger partial charge on any atom is 0.328 e. The Morgan fingerprint density at radius 1 is 1.27 bits per heavy atom. The smallest absolute Gasteiger partial charge is 0.328 e. The molecule has 1 amide bonds. The van der Waals surface area contributed by atoms with Crippen molar-refractivity contribution < 1.29 is 4.79 Å². The first-order valence-corrected chi connectivity index (χ1v) is 6.96. The third-order valence-electron chi connectivity index (χ3n) is 3.79. The molecule has 7 nitrogen and oxygen atoms in total. The number of aromatic amines is 1. The second kappa shape index (κ2) is 5.25. The molecule has 0 atom stereocenters. The van der Waals surface area contributed by atoms with Crippen LogP contribution in [0.5, 0.6) is 0 Å². The minimum atomic E-state index is -0.571. The number of aryl methyl sites for hydroxylation is 2. The molecule has 3 rings (SSSR count). The summed E-state index contributed by atoms with van der Waals surface area (Å²) in [6.45, 7) is 4.44. The Kier molecular flexibility index (Phi) is 3.40. The number of fused-ring (bicyclic) bond motifs is 1. The van der Waals surface area contributed by atoms with Crippen LogP contribution in [0.4, 0.5) is 0 Å². The molecule has 22 heavy (non-hydrogen) atoms. The van der Waals surface area contributed by atoms with Crippen LogP contribution in [0, 0.1) is 13.8 Å². The summed E-state index contributed by atoms with van der Waals surface area (Å²) in [5, 5.41) is 0. The fraction of sp³-hybridized carbons (Fsp3) is 0.333. The summed E-state index contributed by atoms with van der Waals surface area (Å²) < 4.78 is 1.23. The molecular weight excluding hydrogens is 284 g/mol. The number of hydrogen-bond donors (Lipinski definition) is 1. The van der Waals surface area contributed by atoms with E-state index in [1.165, 1.54) is 10.8 Å². The minimum absolute atomic E-state index is 0.0865. The van der Waals surface area contributed by atoms with E-state index in [4.69, 9.17) is 0 Å². The van der Waals surface area contributed by atoms with Crippen molar-refractivity contribution in [3.05, 3.63) is 61.7 Å². The molecule has 3 heterocycles. The van der Waals surface area contributed by atoms with Gasteiger partial charge in [0, 0.05) is 36.7 Å². The largest absolute Gasteiger partial charge is 0.332 e. The number of aromatic nitrogens is 3. The highest BCUT2D eigenvalue weighted by molar-refractivity contribution is 5.76. The molecule has 0 saturated carbocycles. The molecule has 0 aromatic carbocycles. The summed E-state index contributed by atoms with van der Waals surface area (Å²) in [5.74, 6) is -0.164. The Hall–Kier alpha value is -2.70. The summed E-state index contributed by atoms with van der Waals surface area (Å²) in [4.78, 5) is 43.6. The maximum absolute atomic E-state index is 12.4. The van der Waals surface area contributed by atoms with E-state index in [-0.39, 0.29) is 12.5 Å². The molecule has 2 aromatic heterocycles. The first-order valence-electron chi connectivity index (χ1n) is 6.96. The van der Waals surface area contributed by atoms with Crippen molar-refractivity contribution in [3.63, 3.8) is 0 Å². The Labute approximate surface area is 126 Å². The van der Waals surface area contributed by atoms with E-state index >= 15 is 0 Å². The van der Waals surface area contributed by atoms with Crippen LogP contribution in [0.25, 0.3) is 0 Å². The van der Waals surface area contributed by atoms with Crippen LogP contribution in [0.2, 0.25) is 0 Å². The van der Waals surface area contributed by atoms with Gasteiger partial charge in [0.25, 0.3) is 5.56 Å². The third-order valence-corrected chi connectivity index (χ3v) is 3.79. The predicted octanol–water partition coefficient (Wildman–Crippen LogP) is 0.0908. The number of nitrogens with one attached hydrogen (secondary N) is 1. The van der Waals surface area contributed by atoms with Gasteiger partial charge in [-0.25, -0.2) is 4.79 Å². The third kappa shape index (κ3) is 2.57. The highest BCUT2D eigenvalue weighted by atomic mass is 16.2. The van der Waals surface area contributed by atoms with Crippen LogP contribution in [-0.2, 0) is 24.4 Å². The van der Waals surface area contributed by atoms with Crippen LogP contribution in [0.3, 0.4) is 0 Å². The lowest BCUT2D eigenvalue weighted by Gasteiger charge is -2.16. The first-order chi connectivity index (χ1) is 10.4. The summed E-state index contributed by atoms with van der Waals surface area (Å²) in [6, 6.07) is 1.97. The van der Waals surface area contributed by atoms with E-state index in [1.807, 2.05) is 13.0 Å². The zero-order valence-electron chi connectivity index (χ0n) is 12.4. The van der Waals surface area contributed by atoms with Gasteiger partial charge in [-0.2, -0.15) is 0 Å². The van der Waals surface area contributed by atoms with Crippen molar-refractivity contribution in [2.24, 2.45) is 0 Å². The lowest BCUT2D eigenvalue weighted by molar-refractivity contribution is -0.132. The molecule has 0 radical (unpaired) electrons. The van der Waals surface area contributed by atoms with E-state index in [0.29, 0.717) is 18.7 Å². The van der Waals surface area contributed by atoms with Gasteiger partial charge in [0.15, 0.2) is 0 Å². The lowest BCUT2D eigenvalue weighted by Crippen LogP contribution is -2.36. The summed E-state index contributed by atoms with van der Waals surface area (Å²) in [6.07, 6.45) is 3.20. The standard InChI is InChI=1S/C15H16N4O3/c1-9-5-19(15(22)17-14(9)21)8-13(20)18-6-11-3-10(2)16-4-12(11)7-18/h3-5H,6-8H2,1-2H3,(H,17,21,22). The Morgan fingerprint density at radius 3 is 2.77 bits per heavy atom. The van der Waals surface area contributed by atoms with Crippen LogP contribution in [0.1, 0.15) is 22.4 Å². The monoisotopic (exact) mass is 300 g/mol. The summed E-state index contributed by atoms with van der Waals surface area (Å²) in [7, 11) is 0. The molecule has 1 N–H and O–H groups in total. The van der Waals surface area contributed by atoms with E-state index in [2.05, 4.69) is 9.97 Å². The van der Waals surface area contributed by atoms with Gasteiger partial charge < -0.3 is 4.90 Å². The first kappa shape index (κ1) is 14.2. The van der Waals surface area contributed by atoms with Gasteiger partial charge in [0.1, 0.15) is 6.54 Å². The van der Waals surface area contributed by atoms with Gasteiger partial charge >= 0.3 is 5.69 Å². The SMILES string of the molecule is Cc1cc2c(cn1)CN(C(=O)Cn1cc(C)c(=O)[nH]c1=O)C2. The predicted molar refractivity (Wildman–Crippen MR) is 79.3 cm³/mol. The van der Waals surface area contributed by atoms with E-state index in [9.17, 15) is 14.4 Å².